The maximum atomic E-state index is 9.57. The SMILES string of the molecule is NC1CC2CCC(C1)C2O. The van der Waals surface area contributed by atoms with Crippen molar-refractivity contribution in [2.24, 2.45) is 17.6 Å². The van der Waals surface area contributed by atoms with Crippen LogP contribution in [-0.4, -0.2) is 17.3 Å². The average molecular weight is 141 g/mol. The van der Waals surface area contributed by atoms with E-state index in [1.165, 1.54) is 12.8 Å². The molecule has 2 fully saturated rings. The Labute approximate surface area is 61.4 Å². The highest BCUT2D eigenvalue weighted by atomic mass is 16.3. The molecule has 2 aliphatic carbocycles. The molecule has 0 aliphatic heterocycles. The highest BCUT2D eigenvalue weighted by Crippen LogP contribution is 2.41. The fraction of sp³-hybridized carbons (Fsp3) is 1.00. The van der Waals surface area contributed by atoms with Gasteiger partial charge in [0, 0.05) is 6.04 Å². The smallest absolute Gasteiger partial charge is 0.0597 e. The monoisotopic (exact) mass is 141 g/mol. The number of nitrogens with two attached hydrogens (primary N) is 1. The van der Waals surface area contributed by atoms with Gasteiger partial charge in [-0.05, 0) is 37.5 Å². The Kier molecular flexibility index (Phi) is 1.46. The highest BCUT2D eigenvalue weighted by Gasteiger charge is 2.40. The van der Waals surface area contributed by atoms with Crippen LogP contribution < -0.4 is 5.73 Å². The molecule has 3 N–H and O–H groups in total. The van der Waals surface area contributed by atoms with Crippen molar-refractivity contribution in [2.45, 2.75) is 37.8 Å². The second-order valence-electron chi connectivity index (χ2n) is 3.82. The van der Waals surface area contributed by atoms with Crippen LogP contribution in [0.2, 0.25) is 0 Å². The second-order valence-corrected chi connectivity index (χ2v) is 3.82. The van der Waals surface area contributed by atoms with E-state index in [1.54, 1.807) is 0 Å². The largest absolute Gasteiger partial charge is 0.393 e. The molecule has 2 bridgehead atoms. The van der Waals surface area contributed by atoms with Gasteiger partial charge >= 0.3 is 0 Å². The first-order valence-electron chi connectivity index (χ1n) is 4.21. The van der Waals surface area contributed by atoms with Crippen LogP contribution in [-0.2, 0) is 0 Å². The van der Waals surface area contributed by atoms with Crippen molar-refractivity contribution in [1.29, 1.82) is 0 Å². The van der Waals surface area contributed by atoms with Gasteiger partial charge in [-0.2, -0.15) is 0 Å². The quantitative estimate of drug-likeness (QED) is 0.516. The van der Waals surface area contributed by atoms with E-state index in [4.69, 9.17) is 5.73 Å². The Hall–Kier alpha value is -0.0800. The minimum absolute atomic E-state index is 0.0141. The molecular formula is C8H15NO. The number of aliphatic hydroxyl groups is 1. The first-order chi connectivity index (χ1) is 4.77. The van der Waals surface area contributed by atoms with Crippen LogP contribution in [0.4, 0.5) is 0 Å². The molecule has 2 unspecified atom stereocenters. The van der Waals surface area contributed by atoms with E-state index in [0.29, 0.717) is 17.9 Å². The average Bonchev–Trinajstić information content (AvgIpc) is 2.20. The van der Waals surface area contributed by atoms with E-state index in [0.717, 1.165) is 12.8 Å². The van der Waals surface area contributed by atoms with Crippen LogP contribution in [0, 0.1) is 11.8 Å². The summed E-state index contributed by atoms with van der Waals surface area (Å²) < 4.78 is 0. The predicted octanol–water partition coefficient (Wildman–Crippen LogP) is 0.495. The number of aliphatic hydroxyl groups excluding tert-OH is 1. The molecule has 0 aromatic carbocycles. The molecule has 0 amide bonds. The molecule has 2 aliphatic rings. The molecule has 58 valence electrons. The second kappa shape index (κ2) is 2.21. The van der Waals surface area contributed by atoms with Crippen LogP contribution in [0.15, 0.2) is 0 Å². The normalized spacial score (nSPS) is 53.4. The van der Waals surface area contributed by atoms with E-state index in [9.17, 15) is 5.11 Å². The lowest BCUT2D eigenvalue weighted by molar-refractivity contribution is 0.0532. The van der Waals surface area contributed by atoms with Crippen molar-refractivity contribution in [3.8, 4) is 0 Å². The van der Waals surface area contributed by atoms with Crippen molar-refractivity contribution in [2.75, 3.05) is 0 Å². The molecule has 2 atom stereocenters. The van der Waals surface area contributed by atoms with Crippen LogP contribution in [0.1, 0.15) is 25.7 Å². The molecule has 0 saturated heterocycles. The van der Waals surface area contributed by atoms with E-state index < -0.39 is 0 Å². The lowest BCUT2D eigenvalue weighted by atomic mass is 9.83. The van der Waals surface area contributed by atoms with Crippen LogP contribution in [0.25, 0.3) is 0 Å². The van der Waals surface area contributed by atoms with Crippen molar-refractivity contribution >= 4 is 0 Å². The van der Waals surface area contributed by atoms with Gasteiger partial charge in [-0.15, -0.1) is 0 Å². The molecule has 0 spiro atoms. The molecule has 2 nitrogen and oxygen atoms in total. The van der Waals surface area contributed by atoms with Crippen LogP contribution in [0.5, 0.6) is 0 Å². The summed E-state index contributed by atoms with van der Waals surface area (Å²) in [5.41, 5.74) is 5.81. The molecular weight excluding hydrogens is 126 g/mol. The van der Waals surface area contributed by atoms with Gasteiger partial charge in [-0.25, -0.2) is 0 Å². The van der Waals surface area contributed by atoms with E-state index in [1.807, 2.05) is 0 Å². The van der Waals surface area contributed by atoms with Gasteiger partial charge in [0.15, 0.2) is 0 Å². The summed E-state index contributed by atoms with van der Waals surface area (Å²) in [5, 5.41) is 9.57. The lowest BCUT2D eigenvalue weighted by Crippen LogP contribution is -2.37. The van der Waals surface area contributed by atoms with E-state index in [-0.39, 0.29) is 6.10 Å². The number of hydrogen-bond donors (Lipinski definition) is 2. The zero-order chi connectivity index (χ0) is 7.14. The third kappa shape index (κ3) is 0.867. The minimum Gasteiger partial charge on any atom is -0.393 e. The number of hydrogen-bond acceptors (Lipinski definition) is 2. The van der Waals surface area contributed by atoms with Crippen molar-refractivity contribution < 1.29 is 5.11 Å². The maximum Gasteiger partial charge on any atom is 0.0597 e. The minimum atomic E-state index is -0.0141. The summed E-state index contributed by atoms with van der Waals surface area (Å²) in [7, 11) is 0. The maximum absolute atomic E-state index is 9.57. The van der Waals surface area contributed by atoms with Crippen molar-refractivity contribution in [3.05, 3.63) is 0 Å². The molecule has 2 rings (SSSR count). The number of fused-ring (bicyclic) bond motifs is 2. The Bertz CT molecular complexity index is 123. The summed E-state index contributed by atoms with van der Waals surface area (Å²) in [6.07, 6.45) is 4.51. The summed E-state index contributed by atoms with van der Waals surface area (Å²) >= 11 is 0. The first kappa shape index (κ1) is 6.62. The Balaban J connectivity index is 2.09. The zero-order valence-electron chi connectivity index (χ0n) is 6.16. The van der Waals surface area contributed by atoms with E-state index >= 15 is 0 Å². The highest BCUT2D eigenvalue weighted by molar-refractivity contribution is 4.93. The summed E-state index contributed by atoms with van der Waals surface area (Å²) in [4.78, 5) is 0. The van der Waals surface area contributed by atoms with E-state index in [2.05, 4.69) is 0 Å². The summed E-state index contributed by atoms with van der Waals surface area (Å²) in [5.74, 6) is 1.07. The molecule has 0 heterocycles. The molecule has 0 aromatic rings. The fourth-order valence-corrected chi connectivity index (χ4v) is 2.54. The Morgan fingerprint density at radius 1 is 1.10 bits per heavy atom. The molecule has 0 radical (unpaired) electrons. The standard InChI is InChI=1S/C8H15NO/c9-7-3-5-1-2-6(4-7)8(5)10/h5-8,10H,1-4,9H2. The Morgan fingerprint density at radius 2 is 1.60 bits per heavy atom. The van der Waals surface area contributed by atoms with Crippen molar-refractivity contribution in [3.63, 3.8) is 0 Å². The lowest BCUT2D eigenvalue weighted by Gasteiger charge is -2.29. The molecule has 2 heteroatoms. The number of rotatable bonds is 0. The van der Waals surface area contributed by atoms with Gasteiger partial charge in [0.2, 0.25) is 0 Å². The molecule has 10 heavy (non-hydrogen) atoms. The van der Waals surface area contributed by atoms with Gasteiger partial charge in [0.1, 0.15) is 0 Å². The zero-order valence-corrected chi connectivity index (χ0v) is 6.16. The summed E-state index contributed by atoms with van der Waals surface area (Å²) in [6, 6.07) is 0.376. The Morgan fingerprint density at radius 3 is 2.10 bits per heavy atom. The van der Waals surface area contributed by atoms with Gasteiger partial charge in [-0.3, -0.25) is 0 Å². The van der Waals surface area contributed by atoms with Crippen LogP contribution >= 0.6 is 0 Å². The van der Waals surface area contributed by atoms with Gasteiger partial charge in [0.05, 0.1) is 6.10 Å². The first-order valence-corrected chi connectivity index (χ1v) is 4.21. The van der Waals surface area contributed by atoms with Crippen molar-refractivity contribution in [1.82, 2.24) is 0 Å². The fourth-order valence-electron chi connectivity index (χ4n) is 2.54. The van der Waals surface area contributed by atoms with Gasteiger partial charge < -0.3 is 10.8 Å². The molecule has 2 saturated carbocycles. The van der Waals surface area contributed by atoms with Gasteiger partial charge in [-0.1, -0.05) is 0 Å². The molecule has 0 aromatic heterocycles. The topological polar surface area (TPSA) is 46.2 Å². The van der Waals surface area contributed by atoms with Gasteiger partial charge in [0.25, 0.3) is 0 Å². The predicted molar refractivity (Wildman–Crippen MR) is 39.4 cm³/mol. The summed E-state index contributed by atoms with van der Waals surface area (Å²) in [6.45, 7) is 0. The van der Waals surface area contributed by atoms with Crippen LogP contribution in [0.3, 0.4) is 0 Å². The third-order valence-corrected chi connectivity index (χ3v) is 3.09. The third-order valence-electron chi connectivity index (χ3n) is 3.09.